The van der Waals surface area contributed by atoms with Crippen LogP contribution < -0.4 is 5.32 Å². The van der Waals surface area contributed by atoms with Crippen molar-refractivity contribution in [1.29, 1.82) is 0 Å². The molecule has 0 aromatic carbocycles. The van der Waals surface area contributed by atoms with Crippen LogP contribution in [0.3, 0.4) is 0 Å². The highest BCUT2D eigenvalue weighted by atomic mass is 16.5. The van der Waals surface area contributed by atoms with Gasteiger partial charge in [-0.15, -0.1) is 0 Å². The first-order valence-electron chi connectivity index (χ1n) is 6.13. The second-order valence-electron chi connectivity index (χ2n) is 4.82. The van der Waals surface area contributed by atoms with Crippen LogP contribution in [0.4, 0.5) is 0 Å². The van der Waals surface area contributed by atoms with Crippen molar-refractivity contribution in [3.8, 4) is 0 Å². The Bertz CT molecular complexity index is 275. The molecule has 1 rings (SSSR count). The number of methoxy groups -OCH3 is 1. The van der Waals surface area contributed by atoms with Gasteiger partial charge in [0.2, 0.25) is 5.91 Å². The number of esters is 1. The Morgan fingerprint density at radius 1 is 1.35 bits per heavy atom. The molecule has 17 heavy (non-hydrogen) atoms. The van der Waals surface area contributed by atoms with Crippen LogP contribution in [-0.4, -0.2) is 49.6 Å². The summed E-state index contributed by atoms with van der Waals surface area (Å²) in [6.07, 6.45) is 1.76. The Hall–Kier alpha value is -1.10. The summed E-state index contributed by atoms with van der Waals surface area (Å²) in [5.74, 6) is 0.148. The highest BCUT2D eigenvalue weighted by Crippen LogP contribution is 2.08. The molecular formula is C12H22N2O3. The lowest BCUT2D eigenvalue weighted by atomic mass is 10.0. The molecule has 1 heterocycles. The Labute approximate surface area is 102 Å². The van der Waals surface area contributed by atoms with E-state index in [1.165, 1.54) is 7.11 Å². The van der Waals surface area contributed by atoms with Crippen LogP contribution in [0.1, 0.15) is 26.7 Å². The van der Waals surface area contributed by atoms with Crippen molar-refractivity contribution < 1.29 is 14.3 Å². The fourth-order valence-electron chi connectivity index (χ4n) is 1.76. The third kappa shape index (κ3) is 4.34. The average Bonchev–Trinajstić information content (AvgIpc) is 2.20. The van der Waals surface area contributed by atoms with Crippen LogP contribution in [0.25, 0.3) is 0 Å². The van der Waals surface area contributed by atoms with E-state index in [4.69, 9.17) is 4.74 Å². The van der Waals surface area contributed by atoms with Crippen LogP contribution in [-0.2, 0) is 14.3 Å². The Kier molecular flexibility index (Phi) is 5.41. The van der Waals surface area contributed by atoms with E-state index in [9.17, 15) is 9.59 Å². The molecule has 1 aliphatic heterocycles. The van der Waals surface area contributed by atoms with Gasteiger partial charge in [0, 0.05) is 13.1 Å². The second-order valence-corrected chi connectivity index (χ2v) is 4.82. The summed E-state index contributed by atoms with van der Waals surface area (Å²) in [5.41, 5.74) is 0. The van der Waals surface area contributed by atoms with Gasteiger partial charge >= 0.3 is 5.97 Å². The minimum atomic E-state index is -0.384. The monoisotopic (exact) mass is 242 g/mol. The van der Waals surface area contributed by atoms with E-state index in [1.54, 1.807) is 4.90 Å². The Balaban J connectivity index is 2.36. The first kappa shape index (κ1) is 14.0. The minimum Gasteiger partial charge on any atom is -0.468 e. The zero-order valence-electron chi connectivity index (χ0n) is 10.9. The molecule has 5 heteroatoms. The molecule has 1 atom stereocenters. The molecule has 0 bridgehead atoms. The van der Waals surface area contributed by atoms with Crippen molar-refractivity contribution in [2.75, 3.05) is 26.7 Å². The van der Waals surface area contributed by atoms with Crippen LogP contribution in [0, 0.1) is 5.92 Å². The Morgan fingerprint density at radius 3 is 2.41 bits per heavy atom. The van der Waals surface area contributed by atoms with Gasteiger partial charge in [0.05, 0.1) is 13.7 Å². The third-order valence-electron chi connectivity index (χ3n) is 2.90. The van der Waals surface area contributed by atoms with E-state index >= 15 is 0 Å². The molecule has 1 amide bonds. The van der Waals surface area contributed by atoms with E-state index in [0.29, 0.717) is 12.3 Å². The zero-order chi connectivity index (χ0) is 12.8. The van der Waals surface area contributed by atoms with E-state index in [2.05, 4.69) is 5.32 Å². The van der Waals surface area contributed by atoms with Crippen LogP contribution >= 0.6 is 0 Å². The quantitative estimate of drug-likeness (QED) is 0.685. The van der Waals surface area contributed by atoms with Gasteiger partial charge in [-0.3, -0.25) is 14.9 Å². The van der Waals surface area contributed by atoms with Crippen molar-refractivity contribution in [1.82, 2.24) is 10.2 Å². The van der Waals surface area contributed by atoms with Gasteiger partial charge in [-0.05, 0) is 18.8 Å². The molecule has 0 spiro atoms. The SMILES string of the molecule is COC(=O)C(CC(C)C)NCC(=O)N1CCC1. The molecule has 0 aromatic rings. The first-order chi connectivity index (χ1) is 8.04. The van der Waals surface area contributed by atoms with E-state index in [0.717, 1.165) is 19.5 Å². The molecule has 1 saturated heterocycles. The lowest BCUT2D eigenvalue weighted by molar-refractivity contribution is -0.144. The number of carbonyl (C=O) groups excluding carboxylic acids is 2. The van der Waals surface area contributed by atoms with Gasteiger partial charge in [0.15, 0.2) is 0 Å². The summed E-state index contributed by atoms with van der Waals surface area (Å²) in [7, 11) is 1.37. The van der Waals surface area contributed by atoms with Gasteiger partial charge in [-0.2, -0.15) is 0 Å². The molecule has 0 radical (unpaired) electrons. The molecule has 0 saturated carbocycles. The molecule has 1 aliphatic rings. The van der Waals surface area contributed by atoms with E-state index in [-0.39, 0.29) is 24.5 Å². The largest absolute Gasteiger partial charge is 0.468 e. The van der Waals surface area contributed by atoms with Crippen molar-refractivity contribution in [2.24, 2.45) is 5.92 Å². The maximum absolute atomic E-state index is 11.6. The van der Waals surface area contributed by atoms with Gasteiger partial charge in [-0.1, -0.05) is 13.8 Å². The maximum atomic E-state index is 11.6. The lowest BCUT2D eigenvalue weighted by Crippen LogP contribution is -2.49. The van der Waals surface area contributed by atoms with E-state index in [1.807, 2.05) is 13.8 Å². The standard InChI is InChI=1S/C12H22N2O3/c1-9(2)7-10(12(16)17-3)13-8-11(15)14-5-4-6-14/h9-10,13H,4-8H2,1-3H3. The van der Waals surface area contributed by atoms with Gasteiger partial charge < -0.3 is 9.64 Å². The molecular weight excluding hydrogens is 220 g/mol. The van der Waals surface area contributed by atoms with Gasteiger partial charge in [0.25, 0.3) is 0 Å². The number of hydrogen-bond donors (Lipinski definition) is 1. The third-order valence-corrected chi connectivity index (χ3v) is 2.90. The molecule has 1 fully saturated rings. The molecule has 5 nitrogen and oxygen atoms in total. The normalized spacial score (nSPS) is 16.6. The fraction of sp³-hybridized carbons (Fsp3) is 0.833. The van der Waals surface area contributed by atoms with Crippen LogP contribution in [0.5, 0.6) is 0 Å². The topological polar surface area (TPSA) is 58.6 Å². The van der Waals surface area contributed by atoms with Crippen molar-refractivity contribution in [2.45, 2.75) is 32.7 Å². The minimum absolute atomic E-state index is 0.0638. The number of nitrogens with one attached hydrogen (secondary N) is 1. The highest BCUT2D eigenvalue weighted by Gasteiger charge is 2.24. The molecule has 0 aliphatic carbocycles. The summed E-state index contributed by atoms with van der Waals surface area (Å²) in [4.78, 5) is 24.9. The number of rotatable bonds is 6. The molecule has 0 aromatic heterocycles. The average molecular weight is 242 g/mol. The predicted molar refractivity (Wildman–Crippen MR) is 64.5 cm³/mol. The second kappa shape index (κ2) is 6.59. The first-order valence-corrected chi connectivity index (χ1v) is 6.13. The van der Waals surface area contributed by atoms with Gasteiger partial charge in [0.1, 0.15) is 6.04 Å². The lowest BCUT2D eigenvalue weighted by Gasteiger charge is -2.31. The summed E-state index contributed by atoms with van der Waals surface area (Å²) in [6, 6.07) is -0.384. The zero-order valence-corrected chi connectivity index (χ0v) is 10.9. The van der Waals surface area contributed by atoms with Crippen LogP contribution in [0.2, 0.25) is 0 Å². The summed E-state index contributed by atoms with van der Waals surface area (Å²) in [5, 5.41) is 2.98. The van der Waals surface area contributed by atoms with Crippen LogP contribution in [0.15, 0.2) is 0 Å². The number of nitrogens with zero attached hydrogens (tertiary/aromatic N) is 1. The summed E-state index contributed by atoms with van der Waals surface area (Å²) < 4.78 is 4.72. The number of ether oxygens (including phenoxy) is 1. The number of hydrogen-bond acceptors (Lipinski definition) is 4. The molecule has 1 N–H and O–H groups in total. The van der Waals surface area contributed by atoms with Gasteiger partial charge in [-0.25, -0.2) is 0 Å². The smallest absolute Gasteiger partial charge is 0.322 e. The number of carbonyl (C=O) groups is 2. The fourth-order valence-corrected chi connectivity index (χ4v) is 1.76. The van der Waals surface area contributed by atoms with E-state index < -0.39 is 0 Å². The van der Waals surface area contributed by atoms with Crippen molar-refractivity contribution in [3.05, 3.63) is 0 Å². The van der Waals surface area contributed by atoms with Crippen molar-refractivity contribution >= 4 is 11.9 Å². The summed E-state index contributed by atoms with van der Waals surface area (Å²) in [6.45, 7) is 5.97. The summed E-state index contributed by atoms with van der Waals surface area (Å²) >= 11 is 0. The predicted octanol–water partition coefficient (Wildman–Crippen LogP) is 0.396. The number of likely N-dealkylation sites (tertiary alicyclic amines) is 1. The Morgan fingerprint density at radius 2 is 2.00 bits per heavy atom. The molecule has 98 valence electrons. The maximum Gasteiger partial charge on any atom is 0.322 e. The van der Waals surface area contributed by atoms with Crippen molar-refractivity contribution in [3.63, 3.8) is 0 Å². The number of amides is 1. The highest BCUT2D eigenvalue weighted by molar-refractivity contribution is 5.81. The molecule has 1 unspecified atom stereocenters.